The van der Waals surface area contributed by atoms with Crippen molar-refractivity contribution in [1.82, 2.24) is 0 Å². The first kappa shape index (κ1) is 55.9. The molecule has 0 fully saturated rings. The van der Waals surface area contributed by atoms with E-state index in [0.717, 1.165) is 77.0 Å². The Balaban J connectivity index is 4.48. The summed E-state index contributed by atoms with van der Waals surface area (Å²) in [5.74, 6) is -1.00. The van der Waals surface area contributed by atoms with Crippen LogP contribution >= 0.6 is 0 Å². The average Bonchev–Trinajstić information content (AvgIpc) is 3.23. The Morgan fingerprint density at radius 1 is 0.373 bits per heavy atom. The topological polar surface area (TPSA) is 78.9 Å². The van der Waals surface area contributed by atoms with E-state index < -0.39 is 6.10 Å². The molecule has 0 bridgehead atoms. The van der Waals surface area contributed by atoms with Gasteiger partial charge in [0.1, 0.15) is 13.2 Å². The van der Waals surface area contributed by atoms with Crippen LogP contribution in [0.4, 0.5) is 0 Å². The molecule has 0 saturated carbocycles. The van der Waals surface area contributed by atoms with E-state index >= 15 is 0 Å². The van der Waals surface area contributed by atoms with Crippen LogP contribution in [-0.4, -0.2) is 37.2 Å². The molecule has 0 aliphatic heterocycles. The Morgan fingerprint density at radius 2 is 0.763 bits per heavy atom. The maximum Gasteiger partial charge on any atom is 0.306 e. The van der Waals surface area contributed by atoms with Crippen molar-refractivity contribution in [3.63, 3.8) is 0 Å². The van der Waals surface area contributed by atoms with Crippen LogP contribution in [0.2, 0.25) is 0 Å². The molecule has 0 aliphatic carbocycles. The van der Waals surface area contributed by atoms with Crippen LogP contribution in [0.15, 0.2) is 72.9 Å². The van der Waals surface area contributed by atoms with Gasteiger partial charge in [0, 0.05) is 19.3 Å². The summed E-state index contributed by atoms with van der Waals surface area (Å²) in [7, 11) is 0. The second-order valence-corrected chi connectivity index (χ2v) is 16.0. The fourth-order valence-electron chi connectivity index (χ4n) is 6.55. The Bertz CT molecular complexity index is 1130. The summed E-state index contributed by atoms with van der Waals surface area (Å²) in [6.45, 7) is 6.40. The molecule has 0 amide bonds. The van der Waals surface area contributed by atoms with Gasteiger partial charge in [0.2, 0.25) is 0 Å². The Morgan fingerprint density at radius 3 is 1.29 bits per heavy atom. The highest BCUT2D eigenvalue weighted by Crippen LogP contribution is 2.13. The Labute approximate surface area is 363 Å². The van der Waals surface area contributed by atoms with Gasteiger partial charge in [0.25, 0.3) is 0 Å². The molecule has 0 N–H and O–H groups in total. The highest BCUT2D eigenvalue weighted by Gasteiger charge is 2.19. The van der Waals surface area contributed by atoms with Gasteiger partial charge in [-0.3, -0.25) is 14.4 Å². The minimum absolute atomic E-state index is 0.104. The summed E-state index contributed by atoms with van der Waals surface area (Å²) in [4.78, 5) is 37.8. The van der Waals surface area contributed by atoms with Crippen molar-refractivity contribution in [3.05, 3.63) is 72.9 Å². The second-order valence-electron chi connectivity index (χ2n) is 16.0. The molecule has 0 rings (SSSR count). The van der Waals surface area contributed by atoms with E-state index in [0.29, 0.717) is 19.3 Å². The molecule has 6 heteroatoms. The summed E-state index contributed by atoms with van der Waals surface area (Å²) in [5, 5.41) is 0. The molecule has 1 unspecified atom stereocenters. The first-order chi connectivity index (χ1) is 29.0. The fourth-order valence-corrected chi connectivity index (χ4v) is 6.55. The lowest BCUT2D eigenvalue weighted by atomic mass is 10.1. The number of allylic oxidation sites excluding steroid dienone is 12. The van der Waals surface area contributed by atoms with E-state index in [1.165, 1.54) is 103 Å². The lowest BCUT2D eigenvalue weighted by Crippen LogP contribution is -2.30. The summed E-state index contributed by atoms with van der Waals surface area (Å²) < 4.78 is 16.7. The van der Waals surface area contributed by atoms with Gasteiger partial charge in [-0.05, 0) is 83.5 Å². The van der Waals surface area contributed by atoms with Gasteiger partial charge in [-0.1, -0.05) is 196 Å². The van der Waals surface area contributed by atoms with Crippen LogP contribution in [0.1, 0.15) is 226 Å². The summed E-state index contributed by atoms with van der Waals surface area (Å²) >= 11 is 0. The zero-order valence-corrected chi connectivity index (χ0v) is 38.5. The molecule has 0 aromatic carbocycles. The first-order valence-electron chi connectivity index (χ1n) is 24.5. The first-order valence-corrected chi connectivity index (χ1v) is 24.5. The van der Waals surface area contributed by atoms with Crippen molar-refractivity contribution in [2.24, 2.45) is 0 Å². The summed E-state index contributed by atoms with van der Waals surface area (Å²) in [6.07, 6.45) is 58.9. The number of ether oxygens (including phenoxy) is 3. The highest BCUT2D eigenvalue weighted by molar-refractivity contribution is 5.71. The van der Waals surface area contributed by atoms with Gasteiger partial charge < -0.3 is 14.2 Å². The zero-order chi connectivity index (χ0) is 43.0. The largest absolute Gasteiger partial charge is 0.462 e. The predicted octanol–water partition coefficient (Wildman–Crippen LogP) is 15.9. The lowest BCUT2D eigenvalue weighted by Gasteiger charge is -2.18. The van der Waals surface area contributed by atoms with Crippen molar-refractivity contribution in [1.29, 1.82) is 0 Å². The van der Waals surface area contributed by atoms with Crippen LogP contribution in [0, 0.1) is 0 Å². The van der Waals surface area contributed by atoms with Crippen LogP contribution < -0.4 is 0 Å². The lowest BCUT2D eigenvalue weighted by molar-refractivity contribution is -0.166. The maximum atomic E-state index is 12.7. The minimum Gasteiger partial charge on any atom is -0.462 e. The second kappa shape index (κ2) is 47.5. The number of rotatable bonds is 43. The molecule has 0 saturated heterocycles. The predicted molar refractivity (Wildman–Crippen MR) is 251 cm³/mol. The standard InChI is InChI=1S/C53H90O6/c1-4-7-10-13-16-19-22-25-26-29-31-34-37-40-43-46-52(55)58-49-50(59-53(56)47-44-41-38-35-32-28-24-21-18-15-12-9-6-3)48-57-51(54)45-42-39-36-33-30-27-23-20-17-14-11-8-5-2/h9,12,15,18-19,21-22,24,27,30,36,39,50H,4-8,10-11,13-14,16-17,20,23,25-26,28-29,31-35,37-38,40-49H2,1-3H3/b12-9-,18-15-,22-19-,24-21-,30-27-,39-36-. The van der Waals surface area contributed by atoms with Crippen LogP contribution in [0.5, 0.6) is 0 Å². The van der Waals surface area contributed by atoms with E-state index in [-0.39, 0.29) is 37.5 Å². The molecule has 0 aromatic heterocycles. The molecule has 1 atom stereocenters. The van der Waals surface area contributed by atoms with Crippen LogP contribution in [0.3, 0.4) is 0 Å². The highest BCUT2D eigenvalue weighted by atomic mass is 16.6. The van der Waals surface area contributed by atoms with Crippen molar-refractivity contribution in [2.45, 2.75) is 232 Å². The summed E-state index contributed by atoms with van der Waals surface area (Å²) in [5.41, 5.74) is 0. The molecule has 0 spiro atoms. The molecule has 59 heavy (non-hydrogen) atoms. The van der Waals surface area contributed by atoms with Crippen molar-refractivity contribution < 1.29 is 28.6 Å². The van der Waals surface area contributed by atoms with Gasteiger partial charge in [0.15, 0.2) is 6.10 Å². The monoisotopic (exact) mass is 823 g/mol. The molecule has 0 radical (unpaired) electrons. The molecule has 0 aromatic rings. The van der Waals surface area contributed by atoms with Gasteiger partial charge in [-0.2, -0.15) is 0 Å². The van der Waals surface area contributed by atoms with Gasteiger partial charge in [0.05, 0.1) is 0 Å². The smallest absolute Gasteiger partial charge is 0.306 e. The number of carbonyl (C=O) groups excluding carboxylic acids is 3. The van der Waals surface area contributed by atoms with Gasteiger partial charge in [-0.25, -0.2) is 0 Å². The molecule has 338 valence electrons. The quantitative estimate of drug-likeness (QED) is 0.0200. The molecule has 0 heterocycles. The number of esters is 3. The van der Waals surface area contributed by atoms with E-state index in [9.17, 15) is 14.4 Å². The van der Waals surface area contributed by atoms with Crippen molar-refractivity contribution in [3.8, 4) is 0 Å². The molecule has 0 aliphatic rings. The van der Waals surface area contributed by atoms with E-state index in [1.807, 2.05) is 6.08 Å². The van der Waals surface area contributed by atoms with Gasteiger partial charge >= 0.3 is 17.9 Å². The van der Waals surface area contributed by atoms with Crippen molar-refractivity contribution >= 4 is 17.9 Å². The van der Waals surface area contributed by atoms with E-state index in [1.54, 1.807) is 0 Å². The SMILES string of the molecule is CC\C=C/C=C\C=C/CCCCCCCC(=O)OC(COC(=O)CC/C=C\C/C=C\CCCCCCCC)COC(=O)CCCCCCCCC/C=C\CCCCCC. The number of hydrogen-bond acceptors (Lipinski definition) is 6. The maximum absolute atomic E-state index is 12.7. The van der Waals surface area contributed by atoms with E-state index in [4.69, 9.17) is 14.2 Å². The number of carbonyl (C=O) groups is 3. The Kier molecular flexibility index (Phi) is 45.0. The van der Waals surface area contributed by atoms with Crippen molar-refractivity contribution in [2.75, 3.05) is 13.2 Å². The van der Waals surface area contributed by atoms with Gasteiger partial charge in [-0.15, -0.1) is 0 Å². The normalized spacial score (nSPS) is 12.7. The molecular formula is C53H90O6. The third-order valence-corrected chi connectivity index (χ3v) is 10.2. The zero-order valence-electron chi connectivity index (χ0n) is 38.5. The van der Waals surface area contributed by atoms with Crippen LogP contribution in [0.25, 0.3) is 0 Å². The van der Waals surface area contributed by atoms with E-state index in [2.05, 4.69) is 87.6 Å². The number of unbranched alkanes of at least 4 members (excludes halogenated alkanes) is 22. The Hall–Kier alpha value is -3.15. The number of hydrogen-bond donors (Lipinski definition) is 0. The summed E-state index contributed by atoms with van der Waals surface area (Å²) in [6, 6.07) is 0. The molecular weight excluding hydrogens is 733 g/mol. The minimum atomic E-state index is -0.808. The third-order valence-electron chi connectivity index (χ3n) is 10.2. The fraction of sp³-hybridized carbons (Fsp3) is 0.717. The van der Waals surface area contributed by atoms with Crippen LogP contribution in [-0.2, 0) is 28.6 Å². The average molecular weight is 823 g/mol. The third kappa shape index (κ3) is 45.8. The molecule has 6 nitrogen and oxygen atoms in total.